The molecule has 0 aromatic rings. The summed E-state index contributed by atoms with van der Waals surface area (Å²) in [5.74, 6) is -0.807. The maximum absolute atomic E-state index is 10.4. The van der Waals surface area contributed by atoms with Gasteiger partial charge in [-0.15, -0.1) is 0 Å². The predicted octanol–water partition coefficient (Wildman–Crippen LogP) is 2.90. The zero-order chi connectivity index (χ0) is 20.8. The molecular weight excluding hydrogens is 360 g/mol. The highest BCUT2D eigenvalue weighted by Crippen LogP contribution is 2.25. The van der Waals surface area contributed by atoms with E-state index in [1.807, 2.05) is 43.4 Å². The van der Waals surface area contributed by atoms with Crippen LogP contribution in [-0.2, 0) is 9.53 Å². The number of aliphatic hydroxyl groups is 3. The molecule has 0 radical (unpaired) electrons. The number of ether oxygens (including phenoxy) is 1. The Morgan fingerprint density at radius 2 is 1.82 bits per heavy atom. The molecule has 1 saturated heterocycles. The number of hydrogen-bond acceptors (Lipinski definition) is 5. The molecule has 1 rings (SSSR count). The summed E-state index contributed by atoms with van der Waals surface area (Å²) < 4.78 is 5.72. The predicted molar refractivity (Wildman–Crippen MR) is 109 cm³/mol. The first-order valence-electron chi connectivity index (χ1n) is 9.98. The number of aliphatic hydroxyl groups excluding tert-OH is 3. The van der Waals surface area contributed by atoms with Crippen LogP contribution in [0, 0.1) is 0 Å². The lowest BCUT2D eigenvalue weighted by Gasteiger charge is -2.16. The number of allylic oxidation sites excluding steroid dienone is 4. The fourth-order valence-electron chi connectivity index (χ4n) is 2.84. The monoisotopic (exact) mass is 394 g/mol. The van der Waals surface area contributed by atoms with Crippen LogP contribution in [0.2, 0.25) is 0 Å². The fourth-order valence-corrected chi connectivity index (χ4v) is 2.84. The first-order valence-corrected chi connectivity index (χ1v) is 9.98. The molecule has 0 amide bonds. The Balaban J connectivity index is 2.31. The second-order valence-electron chi connectivity index (χ2n) is 6.92. The van der Waals surface area contributed by atoms with Gasteiger partial charge in [-0.05, 0) is 32.1 Å². The Bertz CT molecular complexity index is 551. The van der Waals surface area contributed by atoms with Gasteiger partial charge in [0.1, 0.15) is 6.10 Å². The second kappa shape index (κ2) is 14.3. The minimum atomic E-state index is -0.807. The van der Waals surface area contributed by atoms with E-state index >= 15 is 0 Å². The second-order valence-corrected chi connectivity index (χ2v) is 6.92. The largest absolute Gasteiger partial charge is 0.481 e. The third kappa shape index (κ3) is 10.6. The topological polar surface area (TPSA) is 107 Å². The van der Waals surface area contributed by atoms with Crippen LogP contribution in [0.5, 0.6) is 0 Å². The lowest BCUT2D eigenvalue weighted by Crippen LogP contribution is -2.25. The van der Waals surface area contributed by atoms with Crippen molar-refractivity contribution >= 4 is 5.97 Å². The van der Waals surface area contributed by atoms with Crippen molar-refractivity contribution in [1.29, 1.82) is 0 Å². The van der Waals surface area contributed by atoms with Crippen LogP contribution in [0.15, 0.2) is 48.6 Å². The molecule has 28 heavy (non-hydrogen) atoms. The fraction of sp³-hybridized carbons (Fsp3) is 0.591. The summed E-state index contributed by atoms with van der Waals surface area (Å²) in [7, 11) is 0. The first-order chi connectivity index (χ1) is 13.4. The van der Waals surface area contributed by atoms with Crippen LogP contribution in [0.4, 0.5) is 0 Å². The van der Waals surface area contributed by atoms with Crippen LogP contribution >= 0.6 is 0 Å². The molecule has 0 aromatic heterocycles. The SMILES string of the molecule is CC/C=C\C[C@@H](O)/C=C/[C@H]1O[C@@H]([C@@H](O)C/C=C\C/C=C\CCC(=O)O)C[C@@H]1O. The Kier molecular flexibility index (Phi) is 12.4. The number of carbonyl (C=O) groups is 1. The van der Waals surface area contributed by atoms with Crippen molar-refractivity contribution in [3.05, 3.63) is 48.6 Å². The highest BCUT2D eigenvalue weighted by molar-refractivity contribution is 5.66. The van der Waals surface area contributed by atoms with E-state index in [2.05, 4.69) is 0 Å². The lowest BCUT2D eigenvalue weighted by atomic mass is 10.0. The van der Waals surface area contributed by atoms with Gasteiger partial charge in [0.05, 0.1) is 24.4 Å². The summed E-state index contributed by atoms with van der Waals surface area (Å²) in [6, 6.07) is 0. The van der Waals surface area contributed by atoms with E-state index in [1.54, 1.807) is 12.2 Å². The molecule has 0 spiro atoms. The lowest BCUT2D eigenvalue weighted by molar-refractivity contribution is -0.136. The van der Waals surface area contributed by atoms with Gasteiger partial charge < -0.3 is 25.2 Å². The minimum absolute atomic E-state index is 0.127. The smallest absolute Gasteiger partial charge is 0.303 e. The molecule has 0 unspecified atom stereocenters. The summed E-state index contributed by atoms with van der Waals surface area (Å²) in [5.41, 5.74) is 0. The van der Waals surface area contributed by atoms with E-state index in [0.29, 0.717) is 32.1 Å². The number of hydrogen-bond donors (Lipinski definition) is 4. The van der Waals surface area contributed by atoms with Crippen LogP contribution in [0.25, 0.3) is 0 Å². The van der Waals surface area contributed by atoms with Crippen molar-refractivity contribution in [2.24, 2.45) is 0 Å². The van der Waals surface area contributed by atoms with Gasteiger partial charge in [-0.3, -0.25) is 4.79 Å². The highest BCUT2D eigenvalue weighted by atomic mass is 16.5. The van der Waals surface area contributed by atoms with E-state index in [9.17, 15) is 20.1 Å². The number of rotatable bonds is 13. The van der Waals surface area contributed by atoms with Gasteiger partial charge in [0, 0.05) is 12.8 Å². The van der Waals surface area contributed by atoms with Crippen molar-refractivity contribution in [3.8, 4) is 0 Å². The molecule has 5 atom stereocenters. The summed E-state index contributed by atoms with van der Waals surface area (Å²) in [5, 5.41) is 38.8. The molecule has 0 aromatic carbocycles. The number of carboxylic acids is 1. The highest BCUT2D eigenvalue weighted by Gasteiger charge is 2.35. The van der Waals surface area contributed by atoms with E-state index in [4.69, 9.17) is 9.84 Å². The third-order valence-electron chi connectivity index (χ3n) is 4.42. The maximum Gasteiger partial charge on any atom is 0.303 e. The normalized spacial score (nSPS) is 25.5. The standard InChI is InChI=1S/C22H34O6/c1-2-3-8-11-17(23)14-15-20-19(25)16-21(28-20)18(24)12-9-6-4-5-7-10-13-22(26)27/h3,5-9,14-15,17-21,23-25H,2,4,10-13,16H2,1H3,(H,26,27)/b7-5-,8-3-,9-6-,15-14+/t17-,18+,19+,20-,21-/m1/s1. The molecule has 6 nitrogen and oxygen atoms in total. The zero-order valence-electron chi connectivity index (χ0n) is 16.6. The Hall–Kier alpha value is -1.73. The number of carboxylic acid groups (broad SMARTS) is 1. The summed E-state index contributed by atoms with van der Waals surface area (Å²) >= 11 is 0. The molecule has 0 bridgehead atoms. The van der Waals surface area contributed by atoms with Crippen molar-refractivity contribution in [3.63, 3.8) is 0 Å². The van der Waals surface area contributed by atoms with Gasteiger partial charge in [0.15, 0.2) is 0 Å². The Morgan fingerprint density at radius 3 is 2.54 bits per heavy atom. The molecule has 158 valence electrons. The number of aliphatic carboxylic acids is 1. The zero-order valence-corrected chi connectivity index (χ0v) is 16.6. The van der Waals surface area contributed by atoms with Crippen molar-refractivity contribution in [2.75, 3.05) is 0 Å². The van der Waals surface area contributed by atoms with Crippen LogP contribution in [0.3, 0.4) is 0 Å². The average Bonchev–Trinajstić information content (AvgIpc) is 3.03. The minimum Gasteiger partial charge on any atom is -0.481 e. The summed E-state index contributed by atoms with van der Waals surface area (Å²) in [6.07, 6.45) is 15.2. The molecule has 1 heterocycles. The Morgan fingerprint density at radius 1 is 1.11 bits per heavy atom. The molecule has 1 aliphatic heterocycles. The van der Waals surface area contributed by atoms with Gasteiger partial charge in [0.2, 0.25) is 0 Å². The van der Waals surface area contributed by atoms with Gasteiger partial charge in [-0.1, -0.05) is 55.5 Å². The summed E-state index contributed by atoms with van der Waals surface area (Å²) in [6.45, 7) is 2.03. The van der Waals surface area contributed by atoms with Crippen LogP contribution < -0.4 is 0 Å². The van der Waals surface area contributed by atoms with E-state index in [1.165, 1.54) is 0 Å². The quantitative estimate of drug-likeness (QED) is 0.358. The first kappa shape index (κ1) is 24.3. The summed E-state index contributed by atoms with van der Waals surface area (Å²) in [4.78, 5) is 10.4. The van der Waals surface area contributed by atoms with Gasteiger partial charge in [0.25, 0.3) is 0 Å². The van der Waals surface area contributed by atoms with Crippen molar-refractivity contribution in [1.82, 2.24) is 0 Å². The molecule has 1 aliphatic rings. The van der Waals surface area contributed by atoms with E-state index < -0.39 is 36.5 Å². The molecule has 4 N–H and O–H groups in total. The van der Waals surface area contributed by atoms with Crippen LogP contribution in [-0.4, -0.2) is 56.9 Å². The van der Waals surface area contributed by atoms with Gasteiger partial charge >= 0.3 is 5.97 Å². The maximum atomic E-state index is 10.4. The molecule has 0 saturated carbocycles. The van der Waals surface area contributed by atoms with Gasteiger partial charge in [-0.2, -0.15) is 0 Å². The molecule has 6 heteroatoms. The Labute approximate surface area is 167 Å². The third-order valence-corrected chi connectivity index (χ3v) is 4.42. The molecule has 0 aliphatic carbocycles. The molecular formula is C22H34O6. The van der Waals surface area contributed by atoms with Crippen molar-refractivity contribution < 1.29 is 30.0 Å². The van der Waals surface area contributed by atoms with Crippen molar-refractivity contribution in [2.45, 2.75) is 82.4 Å². The van der Waals surface area contributed by atoms with Crippen LogP contribution in [0.1, 0.15) is 51.9 Å². The average molecular weight is 395 g/mol. The van der Waals surface area contributed by atoms with E-state index in [0.717, 1.165) is 6.42 Å². The molecule has 1 fully saturated rings. The van der Waals surface area contributed by atoms with Gasteiger partial charge in [-0.25, -0.2) is 0 Å². The van der Waals surface area contributed by atoms with E-state index in [-0.39, 0.29) is 6.42 Å².